The maximum Gasteiger partial charge on any atom is 0.335 e. The summed E-state index contributed by atoms with van der Waals surface area (Å²) in [7, 11) is 0. The third kappa shape index (κ3) is 3.75. The highest BCUT2D eigenvalue weighted by atomic mass is 16.6. The Bertz CT molecular complexity index is 558. The zero-order chi connectivity index (χ0) is 15.2. The van der Waals surface area contributed by atoms with Crippen LogP contribution in [0.5, 0.6) is 0 Å². The van der Waals surface area contributed by atoms with Crippen LogP contribution in [0, 0.1) is 0 Å². The van der Waals surface area contributed by atoms with E-state index in [0.717, 1.165) is 0 Å². The number of hydrogen-bond acceptors (Lipinski definition) is 5. The monoisotopic (exact) mass is 284 g/mol. The third-order valence-electron chi connectivity index (χ3n) is 3.03. The SMILES string of the molecule is N[C@@H](C(=O)OC(=O)[C@H](N)c1ccccc1)c1ccccc1. The first-order chi connectivity index (χ1) is 10.1. The lowest BCUT2D eigenvalue weighted by atomic mass is 10.1. The van der Waals surface area contributed by atoms with Gasteiger partial charge in [0.05, 0.1) is 0 Å². The molecule has 0 heterocycles. The summed E-state index contributed by atoms with van der Waals surface area (Å²) in [6.07, 6.45) is 0. The molecule has 108 valence electrons. The number of carbonyl (C=O) groups is 2. The molecule has 0 saturated heterocycles. The van der Waals surface area contributed by atoms with Crippen molar-refractivity contribution in [3.05, 3.63) is 71.8 Å². The maximum absolute atomic E-state index is 11.9. The van der Waals surface area contributed by atoms with Crippen LogP contribution in [0.25, 0.3) is 0 Å². The van der Waals surface area contributed by atoms with E-state index in [-0.39, 0.29) is 0 Å². The minimum Gasteiger partial charge on any atom is -0.390 e. The zero-order valence-electron chi connectivity index (χ0n) is 11.3. The molecule has 0 aliphatic heterocycles. The Kier molecular flexibility index (Phi) is 4.81. The Morgan fingerprint density at radius 2 is 1.05 bits per heavy atom. The fourth-order valence-electron chi connectivity index (χ4n) is 1.82. The summed E-state index contributed by atoms with van der Waals surface area (Å²) in [5.41, 5.74) is 12.7. The molecule has 0 saturated carbocycles. The molecule has 5 heteroatoms. The van der Waals surface area contributed by atoms with Gasteiger partial charge in [0.2, 0.25) is 0 Å². The van der Waals surface area contributed by atoms with Crippen LogP contribution in [-0.4, -0.2) is 11.9 Å². The van der Waals surface area contributed by atoms with Crippen LogP contribution in [0.4, 0.5) is 0 Å². The summed E-state index contributed by atoms with van der Waals surface area (Å²) < 4.78 is 4.75. The second-order valence-electron chi connectivity index (χ2n) is 4.52. The van der Waals surface area contributed by atoms with Crippen LogP contribution in [-0.2, 0) is 14.3 Å². The number of ether oxygens (including phenoxy) is 1. The Balaban J connectivity index is 2.01. The highest BCUT2D eigenvalue weighted by Gasteiger charge is 2.24. The fraction of sp³-hybridized carbons (Fsp3) is 0.125. The van der Waals surface area contributed by atoms with Crippen molar-refractivity contribution in [2.24, 2.45) is 11.5 Å². The van der Waals surface area contributed by atoms with Gasteiger partial charge in [-0.15, -0.1) is 0 Å². The van der Waals surface area contributed by atoms with Gasteiger partial charge in [0.15, 0.2) is 0 Å². The molecule has 4 N–H and O–H groups in total. The van der Waals surface area contributed by atoms with E-state index >= 15 is 0 Å². The van der Waals surface area contributed by atoms with E-state index in [4.69, 9.17) is 16.2 Å². The van der Waals surface area contributed by atoms with E-state index in [1.807, 2.05) is 0 Å². The van der Waals surface area contributed by atoms with Gasteiger partial charge in [-0.1, -0.05) is 60.7 Å². The van der Waals surface area contributed by atoms with E-state index in [9.17, 15) is 9.59 Å². The molecule has 2 aromatic carbocycles. The summed E-state index contributed by atoms with van der Waals surface area (Å²) in [6, 6.07) is 15.3. The average Bonchev–Trinajstić information content (AvgIpc) is 2.55. The molecule has 21 heavy (non-hydrogen) atoms. The summed E-state index contributed by atoms with van der Waals surface area (Å²) in [6.45, 7) is 0. The first kappa shape index (κ1) is 14.9. The predicted octanol–water partition coefficient (Wildman–Crippen LogP) is 1.46. The van der Waals surface area contributed by atoms with Gasteiger partial charge in [-0.3, -0.25) is 0 Å². The molecule has 5 nitrogen and oxygen atoms in total. The minimum atomic E-state index is -1.02. The van der Waals surface area contributed by atoms with Gasteiger partial charge in [0, 0.05) is 0 Å². The molecule has 0 radical (unpaired) electrons. The Morgan fingerprint density at radius 1 is 0.714 bits per heavy atom. The first-order valence-electron chi connectivity index (χ1n) is 6.46. The smallest absolute Gasteiger partial charge is 0.335 e. The van der Waals surface area contributed by atoms with Gasteiger partial charge in [-0.25, -0.2) is 9.59 Å². The van der Waals surface area contributed by atoms with Crippen molar-refractivity contribution < 1.29 is 14.3 Å². The van der Waals surface area contributed by atoms with Crippen LogP contribution in [0.15, 0.2) is 60.7 Å². The summed E-state index contributed by atoms with van der Waals surface area (Å²) in [5.74, 6) is -1.64. The lowest BCUT2D eigenvalue weighted by Gasteiger charge is -2.14. The molecule has 0 bridgehead atoms. The minimum absolute atomic E-state index is 0.573. The largest absolute Gasteiger partial charge is 0.390 e. The summed E-state index contributed by atoms with van der Waals surface area (Å²) in [4.78, 5) is 23.7. The van der Waals surface area contributed by atoms with Crippen molar-refractivity contribution in [1.29, 1.82) is 0 Å². The molecule has 2 rings (SSSR count). The van der Waals surface area contributed by atoms with Gasteiger partial charge in [-0.2, -0.15) is 0 Å². The van der Waals surface area contributed by atoms with E-state index in [1.165, 1.54) is 0 Å². The fourth-order valence-corrected chi connectivity index (χ4v) is 1.82. The van der Waals surface area contributed by atoms with Crippen molar-refractivity contribution in [3.8, 4) is 0 Å². The number of nitrogens with two attached hydrogens (primary N) is 2. The Morgan fingerprint density at radius 3 is 1.38 bits per heavy atom. The number of benzene rings is 2. The van der Waals surface area contributed by atoms with Crippen LogP contribution < -0.4 is 11.5 Å². The van der Waals surface area contributed by atoms with Crippen LogP contribution >= 0.6 is 0 Å². The maximum atomic E-state index is 11.9. The van der Waals surface area contributed by atoms with Crippen molar-refractivity contribution in [3.63, 3.8) is 0 Å². The summed E-state index contributed by atoms with van der Waals surface area (Å²) >= 11 is 0. The molecule has 0 spiro atoms. The topological polar surface area (TPSA) is 95.4 Å². The van der Waals surface area contributed by atoms with Gasteiger partial charge in [-0.05, 0) is 11.1 Å². The lowest BCUT2D eigenvalue weighted by molar-refractivity contribution is -0.161. The van der Waals surface area contributed by atoms with Crippen molar-refractivity contribution in [1.82, 2.24) is 0 Å². The number of carbonyl (C=O) groups excluding carboxylic acids is 2. The standard InChI is InChI=1S/C16H16N2O3/c17-13(11-7-3-1-4-8-11)15(19)21-16(20)14(18)12-9-5-2-6-10-12/h1-10,13-14H,17-18H2/t13-,14-/m1/s1. The van der Waals surface area contributed by atoms with Crippen LogP contribution in [0.1, 0.15) is 23.2 Å². The first-order valence-corrected chi connectivity index (χ1v) is 6.46. The lowest BCUT2D eigenvalue weighted by Crippen LogP contribution is -2.31. The molecule has 2 aromatic rings. The molecule has 0 amide bonds. The highest BCUT2D eigenvalue weighted by Crippen LogP contribution is 2.15. The number of esters is 2. The molecule has 0 unspecified atom stereocenters. The van der Waals surface area contributed by atoms with Gasteiger partial charge in [0.25, 0.3) is 0 Å². The van der Waals surface area contributed by atoms with Crippen LogP contribution in [0.2, 0.25) is 0 Å². The summed E-state index contributed by atoms with van der Waals surface area (Å²) in [5, 5.41) is 0. The quantitative estimate of drug-likeness (QED) is 0.654. The van der Waals surface area contributed by atoms with Gasteiger partial charge in [0.1, 0.15) is 12.1 Å². The van der Waals surface area contributed by atoms with Gasteiger partial charge < -0.3 is 16.2 Å². The molecular formula is C16H16N2O3. The normalized spacial score (nSPS) is 13.2. The van der Waals surface area contributed by atoms with Crippen molar-refractivity contribution >= 4 is 11.9 Å². The van der Waals surface area contributed by atoms with Gasteiger partial charge >= 0.3 is 11.9 Å². The van der Waals surface area contributed by atoms with E-state index < -0.39 is 24.0 Å². The Hall–Kier alpha value is -2.50. The van der Waals surface area contributed by atoms with E-state index in [0.29, 0.717) is 11.1 Å². The molecule has 2 atom stereocenters. The van der Waals surface area contributed by atoms with Crippen molar-refractivity contribution in [2.45, 2.75) is 12.1 Å². The van der Waals surface area contributed by atoms with Crippen LogP contribution in [0.3, 0.4) is 0 Å². The number of rotatable bonds is 4. The van der Waals surface area contributed by atoms with E-state index in [1.54, 1.807) is 60.7 Å². The molecule has 0 fully saturated rings. The second kappa shape index (κ2) is 6.78. The zero-order valence-corrected chi connectivity index (χ0v) is 11.3. The molecule has 0 aromatic heterocycles. The van der Waals surface area contributed by atoms with Crippen molar-refractivity contribution in [2.75, 3.05) is 0 Å². The van der Waals surface area contributed by atoms with E-state index in [2.05, 4.69) is 0 Å². The highest BCUT2D eigenvalue weighted by molar-refractivity contribution is 5.91. The molecule has 0 aliphatic carbocycles. The molecular weight excluding hydrogens is 268 g/mol. The number of hydrogen-bond donors (Lipinski definition) is 2. The Labute approximate surface area is 122 Å². The third-order valence-corrected chi connectivity index (χ3v) is 3.03. The molecule has 0 aliphatic rings. The predicted molar refractivity (Wildman–Crippen MR) is 77.8 cm³/mol. The average molecular weight is 284 g/mol. The second-order valence-corrected chi connectivity index (χ2v) is 4.52.